The maximum Gasteiger partial charge on any atom is 0.303 e. The molecule has 184 valence electrons. The zero-order valence-corrected chi connectivity index (χ0v) is 20.2. The van der Waals surface area contributed by atoms with Crippen molar-refractivity contribution in [2.24, 2.45) is 5.92 Å². The van der Waals surface area contributed by atoms with Gasteiger partial charge in [-0.3, -0.25) is 9.59 Å². The molecule has 1 unspecified atom stereocenters. The first kappa shape index (κ1) is 25.0. The normalized spacial score (nSPS) is 12.8. The molecule has 2 N–H and O–H groups in total. The second-order valence-electron chi connectivity index (χ2n) is 9.08. The third-order valence-electron chi connectivity index (χ3n) is 6.16. The van der Waals surface area contributed by atoms with Crippen molar-refractivity contribution in [3.8, 4) is 11.3 Å². The average Bonchev–Trinajstić information content (AvgIpc) is 2.87. The number of aromatic nitrogens is 2. The number of nitrogens with zero attached hydrogens (tertiary/aromatic N) is 2. The highest BCUT2D eigenvalue weighted by atomic mass is 19.1. The van der Waals surface area contributed by atoms with Crippen LogP contribution in [0.5, 0.6) is 0 Å². The molecule has 0 saturated carbocycles. The number of aliphatic carboxylic acids is 1. The molecule has 0 aliphatic carbocycles. The molecule has 6 nitrogen and oxygen atoms in total. The summed E-state index contributed by atoms with van der Waals surface area (Å²) in [5, 5.41) is 12.0. The van der Waals surface area contributed by atoms with Crippen molar-refractivity contribution < 1.29 is 19.1 Å². The predicted molar refractivity (Wildman–Crippen MR) is 137 cm³/mol. The molecular formula is C29H28FN3O3. The van der Waals surface area contributed by atoms with Crippen LogP contribution in [0.25, 0.3) is 22.3 Å². The summed E-state index contributed by atoms with van der Waals surface area (Å²) in [5.41, 5.74) is 4.97. The number of carbonyl (C=O) groups is 2. The Morgan fingerprint density at radius 2 is 1.67 bits per heavy atom. The third-order valence-corrected chi connectivity index (χ3v) is 6.16. The molecule has 2 atom stereocenters. The summed E-state index contributed by atoms with van der Waals surface area (Å²) in [5.74, 6) is -1.41. The molecule has 0 fully saturated rings. The zero-order valence-electron chi connectivity index (χ0n) is 20.2. The molecule has 0 aliphatic heterocycles. The SMILES string of the molecule is CC(CCc1nc2cc(C(=O)N[C@@H](C)c3ccc(F)cc3)ccc2nc1-c1ccccc1)CC(=O)O. The molecular weight excluding hydrogens is 457 g/mol. The number of halogens is 1. The third kappa shape index (κ3) is 6.10. The quantitative estimate of drug-likeness (QED) is 0.305. The van der Waals surface area contributed by atoms with Gasteiger partial charge in [-0.15, -0.1) is 0 Å². The average molecular weight is 486 g/mol. The Hall–Kier alpha value is -4.13. The fourth-order valence-electron chi connectivity index (χ4n) is 4.13. The van der Waals surface area contributed by atoms with E-state index in [9.17, 15) is 14.0 Å². The van der Waals surface area contributed by atoms with Gasteiger partial charge in [-0.2, -0.15) is 0 Å². The van der Waals surface area contributed by atoms with E-state index in [1.54, 1.807) is 30.3 Å². The van der Waals surface area contributed by atoms with Crippen LogP contribution in [0.15, 0.2) is 72.8 Å². The van der Waals surface area contributed by atoms with Crippen LogP contribution in [0.1, 0.15) is 54.3 Å². The standard InChI is InChI=1S/C29H28FN3O3/c1-18(16-27(34)35)8-14-25-28(21-6-4-3-5-7-21)33-24-15-11-22(17-26(24)32-25)29(36)31-19(2)20-9-12-23(30)13-10-20/h3-7,9-13,15,17-19H,8,14,16H2,1-2H3,(H,31,36)(H,34,35)/t18?,19-/m0/s1. The lowest BCUT2D eigenvalue weighted by molar-refractivity contribution is -0.138. The number of benzene rings is 3. The summed E-state index contributed by atoms with van der Waals surface area (Å²) >= 11 is 0. The minimum absolute atomic E-state index is 0.00585. The second kappa shape index (κ2) is 11.1. The van der Waals surface area contributed by atoms with E-state index in [2.05, 4.69) is 5.32 Å². The van der Waals surface area contributed by atoms with Crippen LogP contribution in [0, 0.1) is 11.7 Å². The van der Waals surface area contributed by atoms with Crippen molar-refractivity contribution in [1.29, 1.82) is 0 Å². The van der Waals surface area contributed by atoms with Crippen LogP contribution in [0.2, 0.25) is 0 Å². The van der Waals surface area contributed by atoms with E-state index in [0.29, 0.717) is 29.4 Å². The number of carbonyl (C=O) groups excluding carboxylic acids is 1. The van der Waals surface area contributed by atoms with Crippen molar-refractivity contribution in [2.45, 2.75) is 39.2 Å². The number of fused-ring (bicyclic) bond motifs is 1. The number of aryl methyl sites for hydroxylation is 1. The highest BCUT2D eigenvalue weighted by Crippen LogP contribution is 2.26. The molecule has 0 aliphatic rings. The van der Waals surface area contributed by atoms with Crippen molar-refractivity contribution in [1.82, 2.24) is 15.3 Å². The van der Waals surface area contributed by atoms with Crippen LogP contribution >= 0.6 is 0 Å². The Balaban J connectivity index is 1.62. The minimum atomic E-state index is -0.819. The summed E-state index contributed by atoms with van der Waals surface area (Å²) < 4.78 is 13.2. The lowest BCUT2D eigenvalue weighted by atomic mass is 9.98. The topological polar surface area (TPSA) is 92.2 Å². The maximum absolute atomic E-state index is 13.2. The molecule has 0 radical (unpaired) electrons. The van der Waals surface area contributed by atoms with Gasteiger partial charge in [0.05, 0.1) is 28.5 Å². The summed E-state index contributed by atoms with van der Waals surface area (Å²) in [4.78, 5) is 33.7. The Morgan fingerprint density at radius 1 is 0.944 bits per heavy atom. The van der Waals surface area contributed by atoms with Crippen LogP contribution in [0.4, 0.5) is 4.39 Å². The highest BCUT2D eigenvalue weighted by Gasteiger charge is 2.17. The smallest absolute Gasteiger partial charge is 0.303 e. The predicted octanol–water partition coefficient (Wildman–Crippen LogP) is 5.97. The van der Waals surface area contributed by atoms with Crippen LogP contribution < -0.4 is 5.32 Å². The van der Waals surface area contributed by atoms with Gasteiger partial charge in [-0.05, 0) is 61.6 Å². The zero-order chi connectivity index (χ0) is 25.7. The van der Waals surface area contributed by atoms with Crippen LogP contribution in [-0.4, -0.2) is 27.0 Å². The van der Waals surface area contributed by atoms with Gasteiger partial charge >= 0.3 is 5.97 Å². The van der Waals surface area contributed by atoms with E-state index in [-0.39, 0.29) is 30.1 Å². The molecule has 3 aromatic carbocycles. The molecule has 1 amide bonds. The van der Waals surface area contributed by atoms with Crippen molar-refractivity contribution >= 4 is 22.9 Å². The Morgan fingerprint density at radius 3 is 2.36 bits per heavy atom. The summed E-state index contributed by atoms with van der Waals surface area (Å²) in [6.07, 6.45) is 1.32. The largest absolute Gasteiger partial charge is 0.481 e. The molecule has 1 aromatic heterocycles. The monoisotopic (exact) mass is 485 g/mol. The van der Waals surface area contributed by atoms with Gasteiger partial charge in [0.1, 0.15) is 5.82 Å². The van der Waals surface area contributed by atoms with Crippen LogP contribution in [0.3, 0.4) is 0 Å². The van der Waals surface area contributed by atoms with Gasteiger partial charge in [0.2, 0.25) is 0 Å². The second-order valence-corrected chi connectivity index (χ2v) is 9.08. The van der Waals surface area contributed by atoms with Gasteiger partial charge in [0, 0.05) is 17.5 Å². The van der Waals surface area contributed by atoms with E-state index in [1.807, 2.05) is 44.2 Å². The molecule has 4 rings (SSSR count). The number of nitrogens with one attached hydrogen (secondary N) is 1. The lowest BCUT2D eigenvalue weighted by Crippen LogP contribution is -2.26. The number of hydrogen-bond acceptors (Lipinski definition) is 4. The van der Waals surface area contributed by atoms with E-state index < -0.39 is 5.97 Å². The summed E-state index contributed by atoms with van der Waals surface area (Å²) in [6, 6.07) is 20.7. The summed E-state index contributed by atoms with van der Waals surface area (Å²) in [6.45, 7) is 3.75. The molecule has 0 bridgehead atoms. The van der Waals surface area contributed by atoms with Gasteiger partial charge in [0.15, 0.2) is 0 Å². The van der Waals surface area contributed by atoms with Crippen molar-refractivity contribution in [2.75, 3.05) is 0 Å². The fraction of sp³-hybridized carbons (Fsp3) is 0.241. The van der Waals surface area contributed by atoms with Gasteiger partial charge in [-0.25, -0.2) is 14.4 Å². The van der Waals surface area contributed by atoms with Gasteiger partial charge < -0.3 is 10.4 Å². The fourth-order valence-corrected chi connectivity index (χ4v) is 4.13. The number of amides is 1. The minimum Gasteiger partial charge on any atom is -0.481 e. The lowest BCUT2D eigenvalue weighted by Gasteiger charge is -2.15. The molecule has 0 spiro atoms. The number of hydrogen-bond donors (Lipinski definition) is 2. The summed E-state index contributed by atoms with van der Waals surface area (Å²) in [7, 11) is 0. The van der Waals surface area contributed by atoms with Crippen LogP contribution in [-0.2, 0) is 11.2 Å². The maximum atomic E-state index is 13.2. The molecule has 1 heterocycles. The first-order valence-corrected chi connectivity index (χ1v) is 11.9. The number of rotatable bonds is 9. The number of carboxylic acids is 1. The first-order chi connectivity index (χ1) is 17.3. The van der Waals surface area contributed by atoms with Crippen molar-refractivity contribution in [3.63, 3.8) is 0 Å². The van der Waals surface area contributed by atoms with E-state index in [0.717, 1.165) is 22.5 Å². The Kier molecular flexibility index (Phi) is 7.68. The molecule has 36 heavy (non-hydrogen) atoms. The molecule has 7 heteroatoms. The Bertz CT molecular complexity index is 1370. The van der Waals surface area contributed by atoms with Crippen molar-refractivity contribution in [3.05, 3.63) is 95.4 Å². The van der Waals surface area contributed by atoms with E-state index >= 15 is 0 Å². The molecule has 4 aromatic rings. The number of carboxylic acid groups (broad SMARTS) is 1. The van der Waals surface area contributed by atoms with Gasteiger partial charge in [-0.1, -0.05) is 49.4 Å². The van der Waals surface area contributed by atoms with Gasteiger partial charge in [0.25, 0.3) is 5.91 Å². The van der Waals surface area contributed by atoms with E-state index in [1.165, 1.54) is 12.1 Å². The Labute approximate surface area is 209 Å². The first-order valence-electron chi connectivity index (χ1n) is 11.9. The van der Waals surface area contributed by atoms with E-state index in [4.69, 9.17) is 15.1 Å². The molecule has 0 saturated heterocycles. The highest BCUT2D eigenvalue weighted by molar-refractivity contribution is 5.97.